The maximum absolute atomic E-state index is 2.48. The van der Waals surface area contributed by atoms with E-state index in [0.717, 1.165) is 6.04 Å². The van der Waals surface area contributed by atoms with Gasteiger partial charge in [-0.05, 0) is 26.9 Å². The molecule has 0 rings (SSSR count). The maximum atomic E-state index is 2.48. The molecular weight excluding hydrogens is 302 g/mol. The lowest BCUT2D eigenvalue weighted by Gasteiger charge is -2.24. The maximum Gasteiger partial charge on any atom is 0.00891 e. The summed E-state index contributed by atoms with van der Waals surface area (Å²) in [5.74, 6) is 0. The summed E-state index contributed by atoms with van der Waals surface area (Å²) in [5, 5.41) is 0. The minimum atomic E-state index is 0.824. The molecule has 1 heteroatoms. The van der Waals surface area contributed by atoms with Crippen molar-refractivity contribution in [3.63, 3.8) is 0 Å². The summed E-state index contributed by atoms with van der Waals surface area (Å²) in [6.45, 7) is 4.60. The molecule has 0 radical (unpaired) electrons. The van der Waals surface area contributed by atoms with Crippen LogP contribution in [0.1, 0.15) is 136 Å². The summed E-state index contributed by atoms with van der Waals surface area (Å²) in [4.78, 5) is 2.48. The summed E-state index contributed by atoms with van der Waals surface area (Å²) >= 11 is 0. The Kier molecular flexibility index (Phi) is 20.2. The van der Waals surface area contributed by atoms with Crippen LogP contribution in [0.5, 0.6) is 0 Å². The van der Waals surface area contributed by atoms with Crippen LogP contribution in [0.25, 0.3) is 0 Å². The van der Waals surface area contributed by atoms with Gasteiger partial charge in [0, 0.05) is 6.04 Å². The van der Waals surface area contributed by atoms with Crippen LogP contribution in [-0.4, -0.2) is 25.0 Å². The Morgan fingerprint density at radius 3 is 1.00 bits per heavy atom. The predicted molar refractivity (Wildman–Crippen MR) is 117 cm³/mol. The molecule has 0 saturated carbocycles. The first-order chi connectivity index (χ1) is 12.2. The number of hydrogen-bond acceptors (Lipinski definition) is 1. The normalized spacial score (nSPS) is 12.8. The molecule has 0 aliphatic carbocycles. The monoisotopic (exact) mass is 353 g/mol. The van der Waals surface area contributed by atoms with E-state index in [2.05, 4.69) is 32.8 Å². The number of rotatable bonds is 20. The molecule has 25 heavy (non-hydrogen) atoms. The third-order valence-corrected chi connectivity index (χ3v) is 5.76. The Bertz CT molecular complexity index is 236. The highest BCUT2D eigenvalue weighted by molar-refractivity contribution is 4.66. The largest absolute Gasteiger partial charge is 0.306 e. The molecule has 1 atom stereocenters. The molecular formula is C24H51N. The van der Waals surface area contributed by atoms with Crippen LogP contribution in [0.15, 0.2) is 0 Å². The van der Waals surface area contributed by atoms with E-state index < -0.39 is 0 Å². The SMILES string of the molecule is CCCCCCCCCCCCC(CCCCCCCCC)N(C)C. The van der Waals surface area contributed by atoms with Crippen LogP contribution < -0.4 is 0 Å². The molecule has 0 heterocycles. The first-order valence-electron chi connectivity index (χ1n) is 11.9. The van der Waals surface area contributed by atoms with Crippen LogP contribution in [0.3, 0.4) is 0 Å². The van der Waals surface area contributed by atoms with Gasteiger partial charge in [0.2, 0.25) is 0 Å². The highest BCUT2D eigenvalue weighted by atomic mass is 15.1. The second kappa shape index (κ2) is 20.3. The van der Waals surface area contributed by atoms with E-state index in [1.807, 2.05) is 0 Å². The summed E-state index contributed by atoms with van der Waals surface area (Å²) in [7, 11) is 4.56. The van der Waals surface area contributed by atoms with Crippen LogP contribution in [0, 0.1) is 0 Å². The smallest absolute Gasteiger partial charge is 0.00891 e. The first kappa shape index (κ1) is 25.0. The van der Waals surface area contributed by atoms with Crippen molar-refractivity contribution in [1.82, 2.24) is 4.90 Å². The lowest BCUT2D eigenvalue weighted by atomic mass is 9.99. The highest BCUT2D eigenvalue weighted by Gasteiger charge is 2.10. The molecule has 1 unspecified atom stereocenters. The number of hydrogen-bond donors (Lipinski definition) is 0. The van der Waals surface area contributed by atoms with Crippen LogP contribution in [0.2, 0.25) is 0 Å². The van der Waals surface area contributed by atoms with E-state index in [0.29, 0.717) is 0 Å². The van der Waals surface area contributed by atoms with Crippen molar-refractivity contribution in [1.29, 1.82) is 0 Å². The Labute approximate surface area is 161 Å². The topological polar surface area (TPSA) is 3.24 Å². The van der Waals surface area contributed by atoms with Crippen LogP contribution in [0.4, 0.5) is 0 Å². The Morgan fingerprint density at radius 2 is 0.720 bits per heavy atom. The molecule has 0 saturated heterocycles. The van der Waals surface area contributed by atoms with Crippen molar-refractivity contribution in [2.45, 2.75) is 142 Å². The van der Waals surface area contributed by atoms with Gasteiger partial charge in [0.1, 0.15) is 0 Å². The Balaban J connectivity index is 3.45. The molecule has 0 spiro atoms. The van der Waals surface area contributed by atoms with Gasteiger partial charge < -0.3 is 4.90 Å². The fourth-order valence-corrected chi connectivity index (χ4v) is 3.87. The predicted octanol–water partition coefficient (Wildman–Crippen LogP) is 8.37. The Hall–Kier alpha value is -0.0400. The van der Waals surface area contributed by atoms with Gasteiger partial charge in [-0.25, -0.2) is 0 Å². The zero-order chi connectivity index (χ0) is 18.6. The second-order valence-corrected chi connectivity index (χ2v) is 8.50. The molecule has 0 aliphatic rings. The molecule has 0 aliphatic heterocycles. The standard InChI is InChI=1S/C24H51N/c1-5-7-9-11-13-14-15-17-19-21-23-24(25(3)4)22-20-18-16-12-10-8-6-2/h24H,5-23H2,1-4H3. The zero-order valence-electron chi connectivity index (χ0n) is 18.5. The molecule has 152 valence electrons. The summed E-state index contributed by atoms with van der Waals surface area (Å²) < 4.78 is 0. The van der Waals surface area contributed by atoms with Gasteiger partial charge in [-0.15, -0.1) is 0 Å². The second-order valence-electron chi connectivity index (χ2n) is 8.50. The molecule has 0 aromatic carbocycles. The number of unbranched alkanes of at least 4 members (excludes halogenated alkanes) is 15. The molecule has 0 aromatic rings. The molecule has 0 amide bonds. The van der Waals surface area contributed by atoms with Crippen LogP contribution >= 0.6 is 0 Å². The van der Waals surface area contributed by atoms with Gasteiger partial charge in [0.25, 0.3) is 0 Å². The quantitative estimate of drug-likeness (QED) is 0.199. The van der Waals surface area contributed by atoms with Crippen molar-refractivity contribution in [2.24, 2.45) is 0 Å². The fraction of sp³-hybridized carbons (Fsp3) is 1.00. The molecule has 0 N–H and O–H groups in total. The van der Waals surface area contributed by atoms with Gasteiger partial charge >= 0.3 is 0 Å². The molecule has 1 nitrogen and oxygen atoms in total. The van der Waals surface area contributed by atoms with E-state index in [1.54, 1.807) is 0 Å². The average Bonchev–Trinajstić information content (AvgIpc) is 2.60. The van der Waals surface area contributed by atoms with E-state index in [1.165, 1.54) is 122 Å². The van der Waals surface area contributed by atoms with E-state index >= 15 is 0 Å². The van der Waals surface area contributed by atoms with Gasteiger partial charge in [0.05, 0.1) is 0 Å². The lowest BCUT2D eigenvalue weighted by molar-refractivity contribution is 0.251. The van der Waals surface area contributed by atoms with Gasteiger partial charge in [0.15, 0.2) is 0 Å². The van der Waals surface area contributed by atoms with E-state index in [9.17, 15) is 0 Å². The van der Waals surface area contributed by atoms with Crippen molar-refractivity contribution in [3.8, 4) is 0 Å². The number of nitrogens with zero attached hydrogens (tertiary/aromatic N) is 1. The van der Waals surface area contributed by atoms with Crippen molar-refractivity contribution >= 4 is 0 Å². The third kappa shape index (κ3) is 18.5. The average molecular weight is 354 g/mol. The summed E-state index contributed by atoms with van der Waals surface area (Å²) in [6.07, 6.45) is 27.4. The van der Waals surface area contributed by atoms with Gasteiger partial charge in [-0.2, -0.15) is 0 Å². The fourth-order valence-electron chi connectivity index (χ4n) is 3.87. The molecule has 0 bridgehead atoms. The van der Waals surface area contributed by atoms with Crippen molar-refractivity contribution in [2.75, 3.05) is 14.1 Å². The summed E-state index contributed by atoms with van der Waals surface area (Å²) in [5.41, 5.74) is 0. The first-order valence-corrected chi connectivity index (χ1v) is 11.9. The minimum Gasteiger partial charge on any atom is -0.306 e. The highest BCUT2D eigenvalue weighted by Crippen LogP contribution is 2.17. The van der Waals surface area contributed by atoms with Gasteiger partial charge in [-0.1, -0.05) is 123 Å². The minimum absolute atomic E-state index is 0.824. The van der Waals surface area contributed by atoms with Crippen LogP contribution in [-0.2, 0) is 0 Å². The molecule has 0 aromatic heterocycles. The third-order valence-electron chi connectivity index (χ3n) is 5.76. The lowest BCUT2D eigenvalue weighted by Crippen LogP contribution is -2.27. The van der Waals surface area contributed by atoms with Gasteiger partial charge in [-0.3, -0.25) is 0 Å². The Morgan fingerprint density at radius 1 is 0.440 bits per heavy atom. The van der Waals surface area contributed by atoms with E-state index in [-0.39, 0.29) is 0 Å². The van der Waals surface area contributed by atoms with E-state index in [4.69, 9.17) is 0 Å². The summed E-state index contributed by atoms with van der Waals surface area (Å²) in [6, 6.07) is 0.824. The molecule has 0 fully saturated rings. The van der Waals surface area contributed by atoms with Crippen molar-refractivity contribution < 1.29 is 0 Å². The van der Waals surface area contributed by atoms with Crippen molar-refractivity contribution in [3.05, 3.63) is 0 Å². The zero-order valence-corrected chi connectivity index (χ0v) is 18.5.